The highest BCUT2D eigenvalue weighted by molar-refractivity contribution is 7.21. The second-order valence-electron chi connectivity index (χ2n) is 5.95. The second kappa shape index (κ2) is 6.69. The van der Waals surface area contributed by atoms with Crippen molar-refractivity contribution in [1.82, 2.24) is 4.98 Å². The zero-order chi connectivity index (χ0) is 18.1. The van der Waals surface area contributed by atoms with Crippen molar-refractivity contribution in [3.63, 3.8) is 0 Å². The molecule has 0 radical (unpaired) electrons. The molecule has 4 aromatic rings. The number of aromatic nitrogens is 1. The fourth-order valence-electron chi connectivity index (χ4n) is 2.78. The molecule has 128 valence electrons. The monoisotopic (exact) mass is 363 g/mol. The molecule has 26 heavy (non-hydrogen) atoms. The number of Topliss-reactive ketones (excluding diaryl/α,β-unsaturated/α-hetero) is 1. The normalized spacial score (nSPS) is 11.0. The molecule has 4 rings (SSSR count). The molecule has 0 amide bonds. The minimum Gasteiger partial charge on any atom is -0.507 e. The lowest BCUT2D eigenvalue weighted by Gasteiger charge is -2.06. The molecule has 3 aromatic carbocycles. The van der Waals surface area contributed by atoms with Gasteiger partial charge in [0.1, 0.15) is 16.6 Å². The van der Waals surface area contributed by atoms with Crippen LogP contribution in [0, 0.1) is 5.82 Å². The van der Waals surface area contributed by atoms with E-state index in [-0.39, 0.29) is 23.8 Å². The summed E-state index contributed by atoms with van der Waals surface area (Å²) < 4.78 is 14.0. The van der Waals surface area contributed by atoms with E-state index in [0.29, 0.717) is 16.1 Å². The molecule has 1 aromatic heterocycles. The number of phenolic OH excluding ortho intramolecular Hbond substituents is 1. The van der Waals surface area contributed by atoms with E-state index in [0.717, 1.165) is 15.8 Å². The zero-order valence-corrected chi connectivity index (χ0v) is 14.5. The van der Waals surface area contributed by atoms with Gasteiger partial charge in [0.15, 0.2) is 5.78 Å². The van der Waals surface area contributed by atoms with Gasteiger partial charge >= 0.3 is 0 Å². The maximum Gasteiger partial charge on any atom is 0.167 e. The molecule has 0 aliphatic rings. The van der Waals surface area contributed by atoms with Gasteiger partial charge in [-0.25, -0.2) is 9.37 Å². The molecular formula is C21H14FNO2S. The van der Waals surface area contributed by atoms with E-state index >= 15 is 0 Å². The van der Waals surface area contributed by atoms with Gasteiger partial charge in [0, 0.05) is 12.0 Å². The van der Waals surface area contributed by atoms with E-state index in [1.807, 2.05) is 24.3 Å². The molecule has 1 heterocycles. The van der Waals surface area contributed by atoms with Crippen LogP contribution >= 0.6 is 11.3 Å². The van der Waals surface area contributed by atoms with Crippen LogP contribution in [-0.4, -0.2) is 15.9 Å². The number of benzene rings is 3. The molecule has 5 heteroatoms. The summed E-state index contributed by atoms with van der Waals surface area (Å²) in [5.74, 6) is -0.350. The topological polar surface area (TPSA) is 50.2 Å². The lowest BCUT2D eigenvalue weighted by Crippen LogP contribution is -2.03. The van der Waals surface area contributed by atoms with Crippen LogP contribution in [0.2, 0.25) is 0 Å². The quantitative estimate of drug-likeness (QED) is 0.505. The van der Waals surface area contributed by atoms with Crippen molar-refractivity contribution in [3.8, 4) is 16.3 Å². The Bertz CT molecular complexity index is 1070. The predicted octanol–water partition coefficient (Wildman–Crippen LogP) is 5.23. The summed E-state index contributed by atoms with van der Waals surface area (Å²) in [6.07, 6.45) is 0.170. The van der Waals surface area contributed by atoms with Crippen molar-refractivity contribution in [1.29, 1.82) is 0 Å². The van der Waals surface area contributed by atoms with Gasteiger partial charge in [0.2, 0.25) is 0 Å². The summed E-state index contributed by atoms with van der Waals surface area (Å²) in [5.41, 5.74) is 2.71. The van der Waals surface area contributed by atoms with Crippen LogP contribution in [-0.2, 0) is 6.42 Å². The van der Waals surface area contributed by atoms with Crippen molar-refractivity contribution in [3.05, 3.63) is 83.7 Å². The maximum absolute atomic E-state index is 13.0. The van der Waals surface area contributed by atoms with Crippen LogP contribution in [0.3, 0.4) is 0 Å². The smallest absolute Gasteiger partial charge is 0.167 e. The summed E-state index contributed by atoms with van der Waals surface area (Å²) in [7, 11) is 0. The van der Waals surface area contributed by atoms with Crippen molar-refractivity contribution in [2.45, 2.75) is 6.42 Å². The van der Waals surface area contributed by atoms with Crippen molar-refractivity contribution >= 4 is 27.3 Å². The molecule has 0 atom stereocenters. The Balaban J connectivity index is 1.65. The summed E-state index contributed by atoms with van der Waals surface area (Å²) in [6.45, 7) is 0. The Morgan fingerprint density at radius 1 is 1.04 bits per heavy atom. The second-order valence-corrected chi connectivity index (χ2v) is 6.98. The van der Waals surface area contributed by atoms with Crippen LogP contribution in [0.25, 0.3) is 20.8 Å². The van der Waals surface area contributed by atoms with Gasteiger partial charge in [-0.1, -0.05) is 18.2 Å². The number of carbonyl (C=O) groups is 1. The summed E-state index contributed by atoms with van der Waals surface area (Å²) in [5, 5.41) is 10.9. The number of hydrogen-bond acceptors (Lipinski definition) is 4. The minimum absolute atomic E-state index is 0.106. The van der Waals surface area contributed by atoms with Crippen LogP contribution in [0.5, 0.6) is 5.75 Å². The van der Waals surface area contributed by atoms with Gasteiger partial charge < -0.3 is 5.11 Å². The molecule has 0 aliphatic carbocycles. The number of thiazole rings is 1. The Kier molecular flexibility index (Phi) is 4.22. The van der Waals surface area contributed by atoms with Crippen molar-refractivity contribution in [2.24, 2.45) is 0 Å². The number of rotatable bonds is 4. The Morgan fingerprint density at radius 2 is 1.81 bits per heavy atom. The average Bonchev–Trinajstić information content (AvgIpc) is 3.07. The Morgan fingerprint density at radius 3 is 2.58 bits per heavy atom. The van der Waals surface area contributed by atoms with E-state index in [1.165, 1.54) is 35.6 Å². The first-order valence-electron chi connectivity index (χ1n) is 8.07. The van der Waals surface area contributed by atoms with Gasteiger partial charge in [-0.05, 0) is 54.1 Å². The maximum atomic E-state index is 13.0. The van der Waals surface area contributed by atoms with Gasteiger partial charge in [0.05, 0.1) is 15.8 Å². The highest BCUT2D eigenvalue weighted by Crippen LogP contribution is 2.35. The molecule has 0 spiro atoms. The van der Waals surface area contributed by atoms with Crippen LogP contribution in [0.15, 0.2) is 66.7 Å². The molecule has 3 nitrogen and oxygen atoms in total. The molecule has 0 bridgehead atoms. The lowest BCUT2D eigenvalue weighted by atomic mass is 10.0. The first kappa shape index (κ1) is 16.4. The summed E-state index contributed by atoms with van der Waals surface area (Å²) in [6, 6.07) is 18.4. The molecule has 0 fully saturated rings. The van der Waals surface area contributed by atoms with Gasteiger partial charge in [-0.15, -0.1) is 11.3 Å². The zero-order valence-electron chi connectivity index (χ0n) is 13.6. The minimum atomic E-state index is -0.371. The number of phenols is 1. The SMILES string of the molecule is O=C(Cc1ccc(O)c(-c2nc3ccccc3s2)c1)c1ccc(F)cc1. The number of fused-ring (bicyclic) bond motifs is 1. The van der Waals surface area contributed by atoms with Crippen molar-refractivity contribution < 1.29 is 14.3 Å². The first-order valence-corrected chi connectivity index (χ1v) is 8.88. The fourth-order valence-corrected chi connectivity index (χ4v) is 3.77. The van der Waals surface area contributed by atoms with Crippen LogP contribution < -0.4 is 0 Å². The standard InChI is InChI=1S/C21H14FNO2S/c22-15-8-6-14(7-9-15)19(25)12-13-5-10-18(24)16(11-13)21-23-17-3-1-2-4-20(17)26-21/h1-11,24H,12H2. The molecule has 0 saturated heterocycles. The molecular weight excluding hydrogens is 349 g/mol. The molecule has 0 unspecified atom stereocenters. The number of aromatic hydroxyl groups is 1. The molecule has 1 N–H and O–H groups in total. The van der Waals surface area contributed by atoms with E-state index in [9.17, 15) is 14.3 Å². The molecule has 0 aliphatic heterocycles. The number of nitrogens with zero attached hydrogens (tertiary/aromatic N) is 1. The van der Waals surface area contributed by atoms with E-state index in [4.69, 9.17) is 0 Å². The third-order valence-electron chi connectivity index (χ3n) is 4.12. The number of hydrogen-bond donors (Lipinski definition) is 1. The third kappa shape index (κ3) is 3.21. The van der Waals surface area contributed by atoms with Gasteiger partial charge in [-0.2, -0.15) is 0 Å². The van der Waals surface area contributed by atoms with Gasteiger partial charge in [-0.3, -0.25) is 4.79 Å². The average molecular weight is 363 g/mol. The van der Waals surface area contributed by atoms with Crippen LogP contribution in [0.4, 0.5) is 4.39 Å². The Labute approximate surface area is 153 Å². The Hall–Kier alpha value is -3.05. The molecule has 0 saturated carbocycles. The lowest BCUT2D eigenvalue weighted by molar-refractivity contribution is 0.0993. The summed E-state index contributed by atoms with van der Waals surface area (Å²) >= 11 is 1.49. The number of ketones is 1. The highest BCUT2D eigenvalue weighted by Gasteiger charge is 2.13. The predicted molar refractivity (Wildman–Crippen MR) is 101 cm³/mol. The number of halogens is 1. The van der Waals surface area contributed by atoms with E-state index < -0.39 is 0 Å². The van der Waals surface area contributed by atoms with E-state index in [1.54, 1.807) is 18.2 Å². The fraction of sp³-hybridized carbons (Fsp3) is 0.0476. The number of para-hydroxylation sites is 1. The first-order chi connectivity index (χ1) is 12.6. The van der Waals surface area contributed by atoms with E-state index in [2.05, 4.69) is 4.98 Å². The van der Waals surface area contributed by atoms with Gasteiger partial charge in [0.25, 0.3) is 0 Å². The highest BCUT2D eigenvalue weighted by atomic mass is 32.1. The number of carbonyl (C=O) groups excluding carboxylic acids is 1. The van der Waals surface area contributed by atoms with Crippen LogP contribution in [0.1, 0.15) is 15.9 Å². The summed E-state index contributed by atoms with van der Waals surface area (Å²) in [4.78, 5) is 17.0. The third-order valence-corrected chi connectivity index (χ3v) is 5.19. The van der Waals surface area contributed by atoms with Crippen molar-refractivity contribution in [2.75, 3.05) is 0 Å². The largest absolute Gasteiger partial charge is 0.507 e.